The highest BCUT2D eigenvalue weighted by atomic mass is 16.8. The molecule has 5 aliphatic heterocycles. The van der Waals surface area contributed by atoms with Crippen LogP contribution < -0.4 is 0 Å². The number of carbonyl (C=O) groups excluding carboxylic acids is 2. The molecule has 9 aliphatic rings. The first-order valence-electron chi connectivity index (χ1n) is 23.1. The molecule has 0 aromatic carbocycles. The van der Waals surface area contributed by atoms with Gasteiger partial charge in [-0.3, -0.25) is 9.59 Å². The molecule has 7 N–H and O–H groups in total. The molecule has 0 bridgehead atoms. The molecular weight excluding hydrogens is 832 g/mol. The lowest BCUT2D eigenvalue weighted by atomic mass is 9.44. The summed E-state index contributed by atoms with van der Waals surface area (Å²) in [6, 6.07) is 0. The topological polar surface area (TPSA) is 271 Å². The first-order chi connectivity index (χ1) is 29.9. The molecule has 5 heterocycles. The molecule has 358 valence electrons. The van der Waals surface area contributed by atoms with Crippen molar-refractivity contribution in [1.29, 1.82) is 0 Å². The average Bonchev–Trinajstić information content (AvgIpc) is 3.56. The number of aliphatic hydroxyl groups is 7. The smallest absolute Gasteiger partial charge is 0.306 e. The molecule has 5 saturated heterocycles. The summed E-state index contributed by atoms with van der Waals surface area (Å²) in [5.74, 6) is 0.458. The fraction of sp³-hybridized carbons (Fsp3) is 0.955. The van der Waals surface area contributed by atoms with Crippen molar-refractivity contribution in [1.82, 2.24) is 0 Å². The van der Waals surface area contributed by atoms with Crippen molar-refractivity contribution >= 4 is 11.9 Å². The number of hydrogen-bond donors (Lipinski definition) is 7. The number of aliphatic hydroxyl groups excluding tert-OH is 7. The zero-order valence-electron chi connectivity index (χ0n) is 36.8. The Morgan fingerprint density at radius 2 is 1.48 bits per heavy atom. The van der Waals surface area contributed by atoms with Crippen LogP contribution in [0.3, 0.4) is 0 Å². The van der Waals surface area contributed by atoms with Crippen molar-refractivity contribution in [3.8, 4) is 0 Å². The van der Waals surface area contributed by atoms with Gasteiger partial charge in [0.2, 0.25) is 0 Å². The van der Waals surface area contributed by atoms with Crippen molar-refractivity contribution in [3.63, 3.8) is 0 Å². The van der Waals surface area contributed by atoms with Gasteiger partial charge < -0.3 is 83.1 Å². The van der Waals surface area contributed by atoms with E-state index in [9.17, 15) is 45.3 Å². The van der Waals surface area contributed by atoms with Gasteiger partial charge in [0.25, 0.3) is 0 Å². The zero-order chi connectivity index (χ0) is 45.0. The molecule has 4 aliphatic carbocycles. The number of hydrogen-bond acceptors (Lipinski definition) is 19. The number of methoxy groups -OCH3 is 1. The normalized spacial score (nSPS) is 55.2. The molecule has 19 heteroatoms. The standard InChI is InChI=1S/C44H68O19/c1-19-37(62-40-36(53)34(51)32(49)27(61-40)18-56-39-35(52)33(50)31(48)26(16-45)60-39)25(54-5)15-30(57-19)59-24-8-10-41(3)23(38(24)58-20(2)46)6-12-43-28(41)9-11-42(4)22(7-13-44(42,43)63-43)21-14-29(47)55-17-21/h19,21-28,30-40,45,48-53H,6-18H2,1-5H3/t19-,21+,22-,23+,24+,25-,26-,27-,28+,30-,31-,32-,33+,34+,35-,36-,37-,38-,39-,40+,41+,42-,43+,44-/m1/s1. The summed E-state index contributed by atoms with van der Waals surface area (Å²) in [4.78, 5) is 24.9. The van der Waals surface area contributed by atoms with Crippen LogP contribution in [-0.2, 0) is 57.0 Å². The van der Waals surface area contributed by atoms with E-state index >= 15 is 0 Å². The fourth-order valence-electron chi connectivity index (χ4n) is 14.3. The van der Waals surface area contributed by atoms with Gasteiger partial charge in [-0.25, -0.2) is 0 Å². The first kappa shape index (κ1) is 46.5. The first-order valence-corrected chi connectivity index (χ1v) is 23.1. The number of cyclic esters (lactones) is 1. The second kappa shape index (κ2) is 17.1. The number of carbonyl (C=O) groups is 2. The highest BCUT2D eigenvalue weighted by Gasteiger charge is 2.86. The lowest BCUT2D eigenvalue weighted by molar-refractivity contribution is -0.356. The predicted molar refractivity (Wildman–Crippen MR) is 211 cm³/mol. The quantitative estimate of drug-likeness (QED) is 0.0788. The lowest BCUT2D eigenvalue weighted by Crippen LogP contribution is -2.63. The largest absolute Gasteiger partial charge is 0.465 e. The molecule has 0 aromatic heterocycles. The third-order valence-electron chi connectivity index (χ3n) is 17.5. The molecule has 0 radical (unpaired) electrons. The number of fused-ring (bicyclic) bond motifs is 2. The Hall–Kier alpha value is -1.66. The van der Waals surface area contributed by atoms with Gasteiger partial charge in [0.15, 0.2) is 18.9 Å². The minimum Gasteiger partial charge on any atom is -0.465 e. The molecule has 0 aromatic rings. The second-order valence-corrected chi connectivity index (χ2v) is 20.5. The second-order valence-electron chi connectivity index (χ2n) is 20.5. The molecule has 0 amide bonds. The van der Waals surface area contributed by atoms with Crippen molar-refractivity contribution < 1.29 is 92.7 Å². The van der Waals surface area contributed by atoms with Crippen LogP contribution in [0.4, 0.5) is 0 Å². The molecular formula is C44H68O19. The van der Waals surface area contributed by atoms with Gasteiger partial charge in [-0.1, -0.05) is 13.8 Å². The third-order valence-corrected chi connectivity index (χ3v) is 17.5. The van der Waals surface area contributed by atoms with Gasteiger partial charge in [-0.15, -0.1) is 0 Å². The highest BCUT2D eigenvalue weighted by molar-refractivity contribution is 5.71. The summed E-state index contributed by atoms with van der Waals surface area (Å²) < 4.78 is 60.9. The van der Waals surface area contributed by atoms with Crippen LogP contribution in [0, 0.1) is 34.5 Å². The molecule has 24 atom stereocenters. The Morgan fingerprint density at radius 3 is 2.16 bits per heavy atom. The van der Waals surface area contributed by atoms with Gasteiger partial charge in [0.05, 0.1) is 44.6 Å². The highest BCUT2D eigenvalue weighted by Crippen LogP contribution is 2.81. The predicted octanol–water partition coefficient (Wildman–Crippen LogP) is -0.430. The molecule has 4 saturated carbocycles. The Bertz CT molecular complexity index is 1690. The van der Waals surface area contributed by atoms with E-state index in [0.717, 1.165) is 44.9 Å². The van der Waals surface area contributed by atoms with Gasteiger partial charge >= 0.3 is 11.9 Å². The summed E-state index contributed by atoms with van der Waals surface area (Å²) in [6.45, 7) is 7.26. The minimum atomic E-state index is -1.74. The molecule has 9 rings (SSSR count). The molecule has 2 spiro atoms. The maximum Gasteiger partial charge on any atom is 0.306 e. The molecule has 0 unspecified atom stereocenters. The molecule has 9 fully saturated rings. The Balaban J connectivity index is 0.842. The minimum absolute atomic E-state index is 0.0227. The average molecular weight is 901 g/mol. The van der Waals surface area contributed by atoms with E-state index in [1.54, 1.807) is 6.92 Å². The van der Waals surface area contributed by atoms with Crippen LogP contribution in [0.5, 0.6) is 0 Å². The molecule has 63 heavy (non-hydrogen) atoms. The van der Waals surface area contributed by atoms with Gasteiger partial charge in [-0.05, 0) is 75.5 Å². The van der Waals surface area contributed by atoms with Crippen LogP contribution in [0.25, 0.3) is 0 Å². The van der Waals surface area contributed by atoms with E-state index in [4.69, 9.17) is 47.4 Å². The summed E-state index contributed by atoms with van der Waals surface area (Å²) in [5.41, 5.74) is -0.636. The van der Waals surface area contributed by atoms with E-state index in [1.165, 1.54) is 14.0 Å². The summed E-state index contributed by atoms with van der Waals surface area (Å²) in [7, 11) is 1.51. The van der Waals surface area contributed by atoms with Crippen LogP contribution in [0.2, 0.25) is 0 Å². The monoisotopic (exact) mass is 900 g/mol. The summed E-state index contributed by atoms with van der Waals surface area (Å²) >= 11 is 0. The lowest BCUT2D eigenvalue weighted by Gasteiger charge is -2.60. The van der Waals surface area contributed by atoms with Gasteiger partial charge in [0, 0.05) is 37.7 Å². The molecule has 19 nitrogen and oxygen atoms in total. The van der Waals surface area contributed by atoms with Crippen molar-refractivity contribution in [2.45, 2.75) is 201 Å². The maximum atomic E-state index is 12.8. The number of rotatable bonds is 11. The van der Waals surface area contributed by atoms with Crippen LogP contribution in [0.1, 0.15) is 91.9 Å². The van der Waals surface area contributed by atoms with Crippen LogP contribution in [-0.4, -0.2) is 184 Å². The number of epoxide rings is 1. The van der Waals surface area contributed by atoms with E-state index in [1.807, 2.05) is 0 Å². The Labute approximate surface area is 366 Å². The van der Waals surface area contributed by atoms with Gasteiger partial charge in [0.1, 0.15) is 72.2 Å². The van der Waals surface area contributed by atoms with Crippen molar-refractivity contribution in [2.75, 3.05) is 26.9 Å². The Kier molecular flexibility index (Phi) is 12.6. The number of ether oxygens (including phenoxy) is 10. The van der Waals surface area contributed by atoms with E-state index in [2.05, 4.69) is 13.8 Å². The van der Waals surface area contributed by atoms with E-state index in [-0.39, 0.29) is 58.1 Å². The van der Waals surface area contributed by atoms with E-state index < -0.39 is 111 Å². The zero-order valence-corrected chi connectivity index (χ0v) is 36.8. The SMILES string of the molecule is CO[C@@H]1C[C@@H](O[C@H]2CC[C@@]3(C)[C@@H](CC[C@@]45O[C@@]46CC[C@H]([C@@H]4COC(=O)C4)[C@@]6(C)CC[C@@H]35)[C@H]2OC(C)=O)O[C@H](C)[C@H]1O[C@@H]1O[C@H](CO[C@@H]2O[C@H](CO)[C@@H](O)[C@H](O)[C@H]2O)[C@@H](O)[C@H](O)[C@H]1O. The third kappa shape index (κ3) is 7.42. The Morgan fingerprint density at radius 1 is 0.778 bits per heavy atom. The number of esters is 2. The summed E-state index contributed by atoms with van der Waals surface area (Å²) in [5, 5.41) is 72.7. The maximum absolute atomic E-state index is 12.8. The van der Waals surface area contributed by atoms with Crippen molar-refractivity contribution in [3.05, 3.63) is 0 Å². The van der Waals surface area contributed by atoms with E-state index in [0.29, 0.717) is 25.4 Å². The van der Waals surface area contributed by atoms with Crippen LogP contribution in [0.15, 0.2) is 0 Å². The van der Waals surface area contributed by atoms with Crippen molar-refractivity contribution in [2.24, 2.45) is 34.5 Å². The van der Waals surface area contributed by atoms with Gasteiger partial charge in [-0.2, -0.15) is 0 Å². The summed E-state index contributed by atoms with van der Waals surface area (Å²) in [6.07, 6.45) is -11.7. The fourth-order valence-corrected chi connectivity index (χ4v) is 14.3. The van der Waals surface area contributed by atoms with Crippen LogP contribution >= 0.6 is 0 Å².